The minimum absolute atomic E-state index is 0.0560. The average molecular weight is 399 g/mol. The molecule has 0 heterocycles. The molecule has 0 aliphatic rings. The number of carbonyl (C=O) groups excluding carboxylic acids is 2. The molecule has 1 aromatic carbocycles. The maximum Gasteiger partial charge on any atom is 0.328 e. The number of benzene rings is 1. The van der Waals surface area contributed by atoms with E-state index in [2.05, 4.69) is 5.32 Å². The van der Waals surface area contributed by atoms with Crippen molar-refractivity contribution in [2.24, 2.45) is 5.92 Å². The van der Waals surface area contributed by atoms with Gasteiger partial charge in [-0.2, -0.15) is 4.31 Å². The number of ether oxygens (including phenoxy) is 1. The molecule has 0 aliphatic carbocycles. The lowest BCUT2D eigenvalue weighted by Crippen LogP contribution is -2.42. The van der Waals surface area contributed by atoms with Crippen molar-refractivity contribution in [1.82, 2.24) is 9.62 Å². The van der Waals surface area contributed by atoms with Crippen LogP contribution in [0.15, 0.2) is 23.1 Å². The third-order valence-corrected chi connectivity index (χ3v) is 6.34. The zero-order valence-corrected chi connectivity index (χ0v) is 17.7. The second-order valence-corrected chi connectivity index (χ2v) is 8.68. The van der Waals surface area contributed by atoms with Crippen molar-refractivity contribution in [3.63, 3.8) is 0 Å². The maximum absolute atomic E-state index is 12.7. The molecule has 0 aliphatic heterocycles. The van der Waals surface area contributed by atoms with Gasteiger partial charge in [-0.3, -0.25) is 4.79 Å². The topological polar surface area (TPSA) is 92.8 Å². The summed E-state index contributed by atoms with van der Waals surface area (Å²) >= 11 is 0. The van der Waals surface area contributed by atoms with Crippen LogP contribution in [0.2, 0.25) is 0 Å². The van der Waals surface area contributed by atoms with Crippen molar-refractivity contribution in [2.45, 2.75) is 52.0 Å². The van der Waals surface area contributed by atoms with E-state index >= 15 is 0 Å². The lowest BCUT2D eigenvalue weighted by atomic mass is 10.0. The number of hydrogen-bond donors (Lipinski definition) is 1. The van der Waals surface area contributed by atoms with Crippen LogP contribution in [0.4, 0.5) is 0 Å². The summed E-state index contributed by atoms with van der Waals surface area (Å²) in [7, 11) is -2.41. The van der Waals surface area contributed by atoms with Crippen LogP contribution in [0, 0.1) is 12.8 Å². The average Bonchev–Trinajstić information content (AvgIpc) is 2.60. The number of amides is 1. The van der Waals surface area contributed by atoms with Crippen LogP contribution < -0.4 is 5.32 Å². The first-order chi connectivity index (χ1) is 12.6. The van der Waals surface area contributed by atoms with Gasteiger partial charge in [0, 0.05) is 18.7 Å². The van der Waals surface area contributed by atoms with Crippen LogP contribution >= 0.6 is 0 Å². The molecule has 0 fully saturated rings. The van der Waals surface area contributed by atoms with Gasteiger partial charge in [0.25, 0.3) is 5.91 Å². The summed E-state index contributed by atoms with van der Waals surface area (Å²) in [5.41, 5.74) is 0.847. The van der Waals surface area contributed by atoms with E-state index in [4.69, 9.17) is 4.74 Å². The number of aryl methyl sites for hydroxylation is 1. The highest BCUT2D eigenvalue weighted by atomic mass is 32.2. The Morgan fingerprint density at radius 1 is 1.19 bits per heavy atom. The van der Waals surface area contributed by atoms with Crippen molar-refractivity contribution in [3.05, 3.63) is 29.3 Å². The van der Waals surface area contributed by atoms with Crippen LogP contribution in [-0.2, 0) is 19.6 Å². The number of nitrogens with one attached hydrogen (secondary N) is 1. The molecule has 0 saturated carbocycles. The Labute approximate surface area is 162 Å². The molecule has 1 rings (SSSR count). The zero-order chi connectivity index (χ0) is 20.8. The highest BCUT2D eigenvalue weighted by Crippen LogP contribution is 2.20. The van der Waals surface area contributed by atoms with Crippen molar-refractivity contribution in [3.8, 4) is 0 Å². The smallest absolute Gasteiger partial charge is 0.328 e. The van der Waals surface area contributed by atoms with E-state index in [9.17, 15) is 18.0 Å². The van der Waals surface area contributed by atoms with Crippen LogP contribution in [0.5, 0.6) is 0 Å². The van der Waals surface area contributed by atoms with Gasteiger partial charge in [0.15, 0.2) is 0 Å². The number of hydrogen-bond acceptors (Lipinski definition) is 5. The fourth-order valence-electron chi connectivity index (χ4n) is 2.78. The van der Waals surface area contributed by atoms with Gasteiger partial charge in [-0.1, -0.05) is 33.8 Å². The Balaban J connectivity index is 3.22. The predicted molar refractivity (Wildman–Crippen MR) is 104 cm³/mol. The summed E-state index contributed by atoms with van der Waals surface area (Å²) in [6, 6.07) is 3.67. The highest BCUT2D eigenvalue weighted by molar-refractivity contribution is 7.89. The second kappa shape index (κ2) is 9.85. The van der Waals surface area contributed by atoms with E-state index in [1.807, 2.05) is 13.8 Å². The van der Waals surface area contributed by atoms with Gasteiger partial charge in [-0.15, -0.1) is 0 Å². The fourth-order valence-corrected chi connectivity index (χ4v) is 4.27. The highest BCUT2D eigenvalue weighted by Gasteiger charge is 2.26. The number of carbonyl (C=O) groups is 2. The van der Waals surface area contributed by atoms with Gasteiger partial charge >= 0.3 is 5.97 Å². The Kier molecular flexibility index (Phi) is 8.43. The molecule has 152 valence electrons. The molecule has 0 radical (unpaired) electrons. The van der Waals surface area contributed by atoms with E-state index < -0.39 is 27.9 Å². The number of nitrogens with zero attached hydrogens (tertiary/aromatic N) is 1. The van der Waals surface area contributed by atoms with Crippen molar-refractivity contribution >= 4 is 21.9 Å². The summed E-state index contributed by atoms with van der Waals surface area (Å²) in [6.07, 6.45) is 0.425. The Morgan fingerprint density at radius 2 is 1.78 bits per heavy atom. The maximum atomic E-state index is 12.7. The first kappa shape index (κ1) is 23.1. The van der Waals surface area contributed by atoms with Gasteiger partial charge in [0.2, 0.25) is 10.0 Å². The van der Waals surface area contributed by atoms with Gasteiger partial charge in [0.05, 0.1) is 12.0 Å². The quantitative estimate of drug-likeness (QED) is 0.645. The van der Waals surface area contributed by atoms with Crippen molar-refractivity contribution in [1.29, 1.82) is 0 Å². The van der Waals surface area contributed by atoms with E-state index in [1.54, 1.807) is 26.8 Å². The first-order valence-electron chi connectivity index (χ1n) is 9.07. The minimum Gasteiger partial charge on any atom is -0.467 e. The summed E-state index contributed by atoms with van der Waals surface area (Å²) in [6.45, 7) is 9.79. The normalized spacial score (nSPS) is 12.9. The third kappa shape index (κ3) is 5.77. The standard InChI is InChI=1S/C19H30N2O5S/c1-7-21(8-2)27(24,25)15-10-9-14(5)16(12-15)18(22)20-17(11-13(3)4)19(23)26-6/h9-10,12-13,17H,7-8,11H2,1-6H3,(H,20,22)/t17-/m0/s1. The molecule has 0 unspecified atom stereocenters. The molecule has 7 nitrogen and oxygen atoms in total. The molecule has 0 saturated heterocycles. The molecule has 1 N–H and O–H groups in total. The molecular weight excluding hydrogens is 368 g/mol. The Morgan fingerprint density at radius 3 is 2.26 bits per heavy atom. The summed E-state index contributed by atoms with van der Waals surface area (Å²) in [4.78, 5) is 24.7. The van der Waals surface area contributed by atoms with Crippen molar-refractivity contribution in [2.75, 3.05) is 20.2 Å². The SMILES string of the molecule is CCN(CC)S(=O)(=O)c1ccc(C)c(C(=O)N[C@@H](CC(C)C)C(=O)OC)c1. The van der Waals surface area contributed by atoms with E-state index in [0.29, 0.717) is 25.1 Å². The van der Waals surface area contributed by atoms with E-state index in [0.717, 1.165) is 0 Å². The number of rotatable bonds is 9. The molecule has 1 amide bonds. The van der Waals surface area contributed by atoms with Gasteiger partial charge < -0.3 is 10.1 Å². The lowest BCUT2D eigenvalue weighted by Gasteiger charge is -2.21. The molecule has 0 spiro atoms. The van der Waals surface area contributed by atoms with Crippen molar-refractivity contribution < 1.29 is 22.7 Å². The Hall–Kier alpha value is -1.93. The predicted octanol–water partition coefficient (Wildman–Crippen LogP) is 2.34. The largest absolute Gasteiger partial charge is 0.467 e. The molecule has 1 atom stereocenters. The summed E-state index contributed by atoms with van der Waals surface area (Å²) < 4.78 is 31.5. The molecule has 1 aromatic rings. The second-order valence-electron chi connectivity index (χ2n) is 6.74. The number of sulfonamides is 1. The number of esters is 1. The molecule has 27 heavy (non-hydrogen) atoms. The summed E-state index contributed by atoms with van der Waals surface area (Å²) in [5, 5.41) is 2.67. The van der Waals surface area contributed by atoms with Crippen LogP contribution in [0.3, 0.4) is 0 Å². The van der Waals surface area contributed by atoms with Crippen LogP contribution in [0.1, 0.15) is 50.0 Å². The zero-order valence-electron chi connectivity index (χ0n) is 16.9. The third-order valence-electron chi connectivity index (χ3n) is 4.29. The van der Waals surface area contributed by atoms with Gasteiger partial charge in [-0.05, 0) is 37.0 Å². The van der Waals surface area contributed by atoms with Gasteiger partial charge in [0.1, 0.15) is 6.04 Å². The van der Waals surface area contributed by atoms with Crippen LogP contribution in [0.25, 0.3) is 0 Å². The molecular formula is C19H30N2O5S. The first-order valence-corrected chi connectivity index (χ1v) is 10.5. The Bertz CT molecular complexity index is 770. The minimum atomic E-state index is -3.68. The van der Waals surface area contributed by atoms with E-state index in [1.165, 1.54) is 23.5 Å². The van der Waals surface area contributed by atoms with E-state index in [-0.39, 0.29) is 16.4 Å². The lowest BCUT2D eigenvalue weighted by molar-refractivity contribution is -0.143. The monoisotopic (exact) mass is 398 g/mol. The van der Waals surface area contributed by atoms with Crippen LogP contribution in [-0.4, -0.2) is 50.8 Å². The molecule has 0 aromatic heterocycles. The number of methoxy groups -OCH3 is 1. The molecule has 0 bridgehead atoms. The summed E-state index contributed by atoms with van der Waals surface area (Å²) in [5.74, 6) is -0.855. The molecule has 8 heteroatoms. The van der Waals surface area contributed by atoms with Gasteiger partial charge in [-0.25, -0.2) is 13.2 Å². The fraction of sp³-hybridized carbons (Fsp3) is 0.579.